The number of hydrogen-bond acceptors (Lipinski definition) is 6. The van der Waals surface area contributed by atoms with Gasteiger partial charge >= 0.3 is 0 Å². The SMILES string of the molecule is CC(=O)C(C#N)=C(N)SCc1csc(-c2ccc(Cl)cc2)n1. The number of ketones is 1. The van der Waals surface area contributed by atoms with Crippen LogP contribution < -0.4 is 5.73 Å². The van der Waals surface area contributed by atoms with Gasteiger partial charge in [0.05, 0.1) is 10.7 Å². The van der Waals surface area contributed by atoms with E-state index in [0.29, 0.717) is 10.8 Å². The van der Waals surface area contributed by atoms with Gasteiger partial charge in [0.2, 0.25) is 0 Å². The maximum absolute atomic E-state index is 11.2. The lowest BCUT2D eigenvalue weighted by atomic mass is 10.2. The fraction of sp³-hybridized carbons (Fsp3) is 0.133. The molecule has 1 aromatic carbocycles. The number of carbonyl (C=O) groups excluding carboxylic acids is 1. The largest absolute Gasteiger partial charge is 0.392 e. The van der Waals surface area contributed by atoms with E-state index in [4.69, 9.17) is 22.6 Å². The Morgan fingerprint density at radius 1 is 1.45 bits per heavy atom. The van der Waals surface area contributed by atoms with Crippen molar-refractivity contribution in [2.24, 2.45) is 5.73 Å². The summed E-state index contributed by atoms with van der Waals surface area (Å²) in [6.07, 6.45) is 0. The summed E-state index contributed by atoms with van der Waals surface area (Å²) < 4.78 is 0. The number of Topliss-reactive ketones (excluding diaryl/α,β-unsaturated/α-hetero) is 1. The minimum Gasteiger partial charge on any atom is -0.392 e. The summed E-state index contributed by atoms with van der Waals surface area (Å²) in [6.45, 7) is 1.33. The molecule has 0 atom stereocenters. The van der Waals surface area contributed by atoms with Crippen molar-refractivity contribution in [3.8, 4) is 16.6 Å². The molecule has 1 aromatic heterocycles. The van der Waals surface area contributed by atoms with Crippen molar-refractivity contribution >= 4 is 40.5 Å². The molecule has 22 heavy (non-hydrogen) atoms. The first kappa shape index (κ1) is 16.6. The summed E-state index contributed by atoms with van der Waals surface area (Å²) in [6, 6.07) is 9.29. The van der Waals surface area contributed by atoms with Gasteiger partial charge in [-0.2, -0.15) is 5.26 Å². The highest BCUT2D eigenvalue weighted by atomic mass is 35.5. The van der Waals surface area contributed by atoms with Gasteiger partial charge in [-0.25, -0.2) is 4.98 Å². The van der Waals surface area contributed by atoms with E-state index in [2.05, 4.69) is 4.98 Å². The first-order chi connectivity index (χ1) is 10.5. The molecule has 2 aromatic rings. The lowest BCUT2D eigenvalue weighted by Gasteiger charge is -2.01. The first-order valence-corrected chi connectivity index (χ1v) is 8.49. The second-order valence-corrected chi connectivity index (χ2v) is 6.66. The number of nitriles is 1. The molecular formula is C15H12ClN3OS2. The fourth-order valence-corrected chi connectivity index (χ4v) is 3.47. The highest BCUT2D eigenvalue weighted by molar-refractivity contribution is 8.02. The van der Waals surface area contributed by atoms with Gasteiger partial charge in [-0.1, -0.05) is 23.7 Å². The van der Waals surface area contributed by atoms with E-state index in [1.54, 1.807) is 0 Å². The third-order valence-electron chi connectivity index (χ3n) is 2.73. The van der Waals surface area contributed by atoms with Crippen LogP contribution in [0.5, 0.6) is 0 Å². The maximum atomic E-state index is 11.2. The molecule has 112 valence electrons. The molecule has 0 aliphatic carbocycles. The van der Waals surface area contributed by atoms with Crippen LogP contribution in [0.3, 0.4) is 0 Å². The minimum atomic E-state index is -0.326. The van der Waals surface area contributed by atoms with Crippen LogP contribution in [0.15, 0.2) is 40.2 Å². The summed E-state index contributed by atoms with van der Waals surface area (Å²) >= 11 is 8.63. The van der Waals surface area contributed by atoms with Gasteiger partial charge in [0.25, 0.3) is 0 Å². The van der Waals surface area contributed by atoms with Gasteiger partial charge in [0.15, 0.2) is 5.78 Å². The molecule has 0 fully saturated rings. The van der Waals surface area contributed by atoms with E-state index in [1.165, 1.54) is 30.0 Å². The number of rotatable bonds is 5. The minimum absolute atomic E-state index is 0.00171. The highest BCUT2D eigenvalue weighted by Gasteiger charge is 2.11. The Labute approximate surface area is 141 Å². The van der Waals surface area contributed by atoms with Crippen molar-refractivity contribution in [3.63, 3.8) is 0 Å². The molecule has 0 aliphatic heterocycles. The zero-order valence-corrected chi connectivity index (χ0v) is 14.1. The lowest BCUT2D eigenvalue weighted by molar-refractivity contribution is -0.113. The fourth-order valence-electron chi connectivity index (χ4n) is 1.63. The van der Waals surface area contributed by atoms with Crippen molar-refractivity contribution in [3.05, 3.63) is 51.0 Å². The average molecular weight is 350 g/mol. The Morgan fingerprint density at radius 3 is 2.73 bits per heavy atom. The number of hydrogen-bond donors (Lipinski definition) is 1. The number of halogens is 1. The maximum Gasteiger partial charge on any atom is 0.172 e. The molecule has 2 N–H and O–H groups in total. The number of aromatic nitrogens is 1. The van der Waals surface area contributed by atoms with Crippen molar-refractivity contribution in [2.75, 3.05) is 0 Å². The molecule has 0 radical (unpaired) electrons. The lowest BCUT2D eigenvalue weighted by Crippen LogP contribution is -2.04. The third-order valence-corrected chi connectivity index (χ3v) is 4.88. The van der Waals surface area contributed by atoms with E-state index < -0.39 is 0 Å². The number of allylic oxidation sites excluding steroid dienone is 1. The smallest absolute Gasteiger partial charge is 0.172 e. The molecule has 0 aliphatic rings. The number of thioether (sulfide) groups is 1. The number of thiazole rings is 1. The molecule has 0 spiro atoms. The predicted molar refractivity (Wildman–Crippen MR) is 91.4 cm³/mol. The van der Waals surface area contributed by atoms with Crippen LogP contribution in [0, 0.1) is 11.3 Å². The molecule has 7 heteroatoms. The van der Waals surface area contributed by atoms with E-state index in [1.807, 2.05) is 35.7 Å². The van der Waals surface area contributed by atoms with Crippen LogP contribution in [-0.4, -0.2) is 10.8 Å². The predicted octanol–water partition coefficient (Wildman–Crippen LogP) is 3.98. The van der Waals surface area contributed by atoms with Crippen molar-refractivity contribution < 1.29 is 4.79 Å². The first-order valence-electron chi connectivity index (χ1n) is 6.25. The monoisotopic (exact) mass is 349 g/mol. The zero-order valence-electron chi connectivity index (χ0n) is 11.7. The second-order valence-electron chi connectivity index (χ2n) is 4.35. The van der Waals surface area contributed by atoms with Gasteiger partial charge in [0.1, 0.15) is 16.6 Å². The number of nitrogens with two attached hydrogens (primary N) is 1. The third kappa shape index (κ3) is 4.10. The molecule has 0 saturated carbocycles. The van der Waals surface area contributed by atoms with Crippen LogP contribution >= 0.6 is 34.7 Å². The Kier molecular flexibility index (Phi) is 5.61. The second kappa shape index (κ2) is 7.45. The van der Waals surface area contributed by atoms with Gasteiger partial charge in [-0.05, 0) is 19.1 Å². The van der Waals surface area contributed by atoms with Gasteiger partial charge in [0, 0.05) is 21.7 Å². The van der Waals surface area contributed by atoms with Crippen molar-refractivity contribution in [1.82, 2.24) is 4.98 Å². The molecular weight excluding hydrogens is 338 g/mol. The summed E-state index contributed by atoms with van der Waals surface area (Å²) in [5, 5.41) is 12.6. The number of benzene rings is 1. The van der Waals surface area contributed by atoms with Gasteiger partial charge in [-0.3, -0.25) is 4.79 Å². The molecule has 0 amide bonds. The quantitative estimate of drug-likeness (QED) is 0.652. The summed E-state index contributed by atoms with van der Waals surface area (Å²) in [7, 11) is 0. The van der Waals surface area contributed by atoms with Crippen LogP contribution in [-0.2, 0) is 10.5 Å². The summed E-state index contributed by atoms with van der Waals surface area (Å²) in [5.41, 5.74) is 7.62. The topological polar surface area (TPSA) is 79.8 Å². The van der Waals surface area contributed by atoms with E-state index in [0.717, 1.165) is 16.3 Å². The molecule has 4 nitrogen and oxygen atoms in total. The van der Waals surface area contributed by atoms with E-state index in [9.17, 15) is 4.79 Å². The van der Waals surface area contributed by atoms with E-state index >= 15 is 0 Å². The van der Waals surface area contributed by atoms with Crippen LogP contribution in [0.25, 0.3) is 10.6 Å². The van der Waals surface area contributed by atoms with Crippen LogP contribution in [0.4, 0.5) is 0 Å². The molecule has 0 saturated heterocycles. The molecule has 1 heterocycles. The average Bonchev–Trinajstić information content (AvgIpc) is 2.95. The van der Waals surface area contributed by atoms with Crippen molar-refractivity contribution in [2.45, 2.75) is 12.7 Å². The highest BCUT2D eigenvalue weighted by Crippen LogP contribution is 2.28. The molecule has 0 unspecified atom stereocenters. The van der Waals surface area contributed by atoms with Gasteiger partial charge < -0.3 is 5.73 Å². The standard InChI is InChI=1S/C15H12ClN3OS2/c1-9(20)13(6-17)14(18)21-7-12-8-22-15(19-12)10-2-4-11(16)5-3-10/h2-5,8H,7,18H2,1H3. The zero-order chi connectivity index (χ0) is 16.1. The molecule has 0 bridgehead atoms. The van der Waals surface area contributed by atoms with Gasteiger partial charge in [-0.15, -0.1) is 23.1 Å². The Morgan fingerprint density at radius 2 is 2.14 bits per heavy atom. The number of carbonyl (C=O) groups is 1. The van der Waals surface area contributed by atoms with Crippen molar-refractivity contribution in [1.29, 1.82) is 5.26 Å². The Bertz CT molecular complexity index is 760. The van der Waals surface area contributed by atoms with E-state index in [-0.39, 0.29) is 16.4 Å². The molecule has 2 rings (SSSR count). The van der Waals surface area contributed by atoms with Crippen LogP contribution in [0.2, 0.25) is 5.02 Å². The summed E-state index contributed by atoms with van der Waals surface area (Å²) in [5.74, 6) is 0.182. The number of nitrogens with zero attached hydrogens (tertiary/aromatic N) is 2. The van der Waals surface area contributed by atoms with Crippen LogP contribution in [0.1, 0.15) is 12.6 Å². The Balaban J connectivity index is 2.09. The summed E-state index contributed by atoms with van der Waals surface area (Å²) in [4.78, 5) is 15.8. The Hall–Kier alpha value is -1.81. The normalized spacial score (nSPS) is 11.7.